The van der Waals surface area contributed by atoms with Gasteiger partial charge >= 0.3 is 0 Å². The molecule has 0 aromatic heterocycles. The average Bonchev–Trinajstić information content (AvgIpc) is 2.92. The molecular weight excluding hydrogens is 331 g/mol. The van der Waals surface area contributed by atoms with Gasteiger partial charge in [-0.2, -0.15) is 0 Å². The van der Waals surface area contributed by atoms with Gasteiger partial charge < -0.3 is 10.0 Å². The monoisotopic (exact) mass is 362 g/mol. The number of rotatable bonds is 5. The van der Waals surface area contributed by atoms with Crippen LogP contribution in [0.5, 0.6) is 0 Å². The van der Waals surface area contributed by atoms with Crippen LogP contribution in [-0.2, 0) is 11.2 Å². The van der Waals surface area contributed by atoms with Gasteiger partial charge in [0.2, 0.25) is 5.91 Å². The van der Waals surface area contributed by atoms with Crippen LogP contribution < -0.4 is 0 Å². The van der Waals surface area contributed by atoms with Crippen molar-refractivity contribution in [3.05, 3.63) is 35.6 Å². The molecule has 26 heavy (non-hydrogen) atoms. The number of carbonyl (C=O) groups excluding carboxylic acids is 1. The number of hydrogen-bond acceptors (Lipinski definition) is 3. The number of nitrogens with zero attached hydrogens (tertiary/aromatic N) is 2. The van der Waals surface area contributed by atoms with Crippen LogP contribution in [0.15, 0.2) is 24.3 Å². The second kappa shape index (κ2) is 8.96. The number of likely N-dealkylation sites (tertiary alicyclic amines) is 2. The number of carbonyl (C=O) groups is 1. The van der Waals surface area contributed by atoms with Crippen LogP contribution >= 0.6 is 0 Å². The topological polar surface area (TPSA) is 43.8 Å². The van der Waals surface area contributed by atoms with Crippen LogP contribution in [0.1, 0.15) is 44.1 Å². The van der Waals surface area contributed by atoms with Gasteiger partial charge in [-0.05, 0) is 62.9 Å². The van der Waals surface area contributed by atoms with Gasteiger partial charge in [-0.25, -0.2) is 4.39 Å². The van der Waals surface area contributed by atoms with Gasteiger partial charge in [0.05, 0.1) is 13.2 Å². The van der Waals surface area contributed by atoms with Crippen molar-refractivity contribution in [2.45, 2.75) is 44.9 Å². The average molecular weight is 362 g/mol. The molecule has 0 spiro atoms. The molecule has 144 valence electrons. The van der Waals surface area contributed by atoms with E-state index >= 15 is 0 Å². The van der Waals surface area contributed by atoms with Gasteiger partial charge in [0.25, 0.3) is 0 Å². The summed E-state index contributed by atoms with van der Waals surface area (Å²) in [4.78, 5) is 17.1. The molecule has 0 radical (unpaired) electrons. The van der Waals surface area contributed by atoms with Gasteiger partial charge in [0, 0.05) is 18.5 Å². The van der Waals surface area contributed by atoms with Crippen LogP contribution in [0.2, 0.25) is 0 Å². The van der Waals surface area contributed by atoms with E-state index in [1.165, 1.54) is 37.8 Å². The molecule has 3 rings (SSSR count). The minimum atomic E-state index is -0.315. The van der Waals surface area contributed by atoms with E-state index in [0.717, 1.165) is 38.0 Å². The van der Waals surface area contributed by atoms with Gasteiger partial charge in [0.1, 0.15) is 5.82 Å². The van der Waals surface area contributed by atoms with E-state index in [9.17, 15) is 14.3 Å². The zero-order chi connectivity index (χ0) is 18.4. The van der Waals surface area contributed by atoms with Crippen LogP contribution in [0.3, 0.4) is 0 Å². The van der Waals surface area contributed by atoms with Crippen molar-refractivity contribution in [3.63, 3.8) is 0 Å². The number of halogens is 1. The number of amides is 1. The van der Waals surface area contributed by atoms with Crippen molar-refractivity contribution >= 4 is 5.91 Å². The first-order valence-corrected chi connectivity index (χ1v) is 9.96. The summed E-state index contributed by atoms with van der Waals surface area (Å²) in [6, 6.07) is 6.49. The fraction of sp³-hybridized carbons (Fsp3) is 0.667. The lowest BCUT2D eigenvalue weighted by molar-refractivity contribution is -0.136. The summed E-state index contributed by atoms with van der Waals surface area (Å²) < 4.78 is 13.2. The summed E-state index contributed by atoms with van der Waals surface area (Å²) in [7, 11) is 0. The van der Waals surface area contributed by atoms with Crippen molar-refractivity contribution < 1.29 is 14.3 Å². The minimum Gasteiger partial charge on any atom is -0.396 e. The first-order valence-electron chi connectivity index (χ1n) is 9.96. The maximum absolute atomic E-state index is 13.2. The normalized spacial score (nSPS) is 25.1. The van der Waals surface area contributed by atoms with Gasteiger partial charge in [-0.15, -0.1) is 0 Å². The molecule has 0 saturated carbocycles. The summed E-state index contributed by atoms with van der Waals surface area (Å²) >= 11 is 0. The molecule has 1 atom stereocenters. The van der Waals surface area contributed by atoms with Crippen LogP contribution in [0, 0.1) is 11.2 Å². The molecule has 5 heteroatoms. The molecule has 2 aliphatic heterocycles. The van der Waals surface area contributed by atoms with Crippen LogP contribution in [-0.4, -0.2) is 60.1 Å². The molecule has 1 aromatic carbocycles. The van der Waals surface area contributed by atoms with Crippen molar-refractivity contribution in [1.82, 2.24) is 9.80 Å². The second-order valence-corrected chi connectivity index (χ2v) is 8.07. The van der Waals surface area contributed by atoms with Gasteiger partial charge in [0.15, 0.2) is 0 Å². The predicted molar refractivity (Wildman–Crippen MR) is 100 cm³/mol. The van der Waals surface area contributed by atoms with E-state index < -0.39 is 0 Å². The second-order valence-electron chi connectivity index (χ2n) is 8.07. The molecule has 0 unspecified atom stereocenters. The predicted octanol–water partition coefficient (Wildman–Crippen LogP) is 2.85. The molecule has 2 aliphatic rings. The molecule has 1 aromatic rings. The molecule has 1 amide bonds. The van der Waals surface area contributed by atoms with Crippen LogP contribution in [0.4, 0.5) is 4.39 Å². The zero-order valence-electron chi connectivity index (χ0n) is 15.6. The summed E-state index contributed by atoms with van der Waals surface area (Å²) in [5, 5.41) is 10.1. The Morgan fingerprint density at radius 3 is 2.38 bits per heavy atom. The highest BCUT2D eigenvalue weighted by Gasteiger charge is 2.37. The van der Waals surface area contributed by atoms with Crippen molar-refractivity contribution in [2.24, 2.45) is 5.41 Å². The smallest absolute Gasteiger partial charge is 0.236 e. The molecule has 1 N–H and O–H groups in total. The van der Waals surface area contributed by atoms with E-state index in [1.807, 2.05) is 4.90 Å². The SMILES string of the molecule is O=C(CN1CCCCCC1)N1CCC[C@@](CO)(Cc2ccc(F)cc2)C1. The number of hydrogen-bond donors (Lipinski definition) is 1. The van der Waals surface area contributed by atoms with E-state index in [-0.39, 0.29) is 23.7 Å². The Hall–Kier alpha value is -1.46. The third kappa shape index (κ3) is 5.04. The lowest BCUT2D eigenvalue weighted by Crippen LogP contribution is -2.51. The Kier molecular flexibility index (Phi) is 6.65. The Bertz CT molecular complexity index is 584. The first kappa shape index (κ1) is 19.3. The summed E-state index contributed by atoms with van der Waals surface area (Å²) in [6.07, 6.45) is 7.37. The van der Waals surface area contributed by atoms with Gasteiger partial charge in [-0.1, -0.05) is 25.0 Å². The van der Waals surface area contributed by atoms with Crippen LogP contribution in [0.25, 0.3) is 0 Å². The molecule has 0 bridgehead atoms. The van der Waals surface area contributed by atoms with E-state index in [4.69, 9.17) is 0 Å². The maximum atomic E-state index is 13.2. The maximum Gasteiger partial charge on any atom is 0.236 e. The fourth-order valence-corrected chi connectivity index (χ4v) is 4.37. The Balaban J connectivity index is 1.62. The Labute approximate surface area is 156 Å². The number of piperidine rings is 1. The van der Waals surface area contributed by atoms with Crippen molar-refractivity contribution in [2.75, 3.05) is 39.3 Å². The molecule has 4 nitrogen and oxygen atoms in total. The third-order valence-electron chi connectivity index (χ3n) is 5.90. The highest BCUT2D eigenvalue weighted by atomic mass is 19.1. The standard InChI is InChI=1S/C21H31FN2O2/c22-19-8-6-18(7-9-19)14-21(17-25)10-5-13-24(16-21)20(26)15-23-11-3-1-2-4-12-23/h6-9,25H,1-5,10-17H2/t21-/m1/s1. The quantitative estimate of drug-likeness (QED) is 0.876. The lowest BCUT2D eigenvalue weighted by atomic mass is 9.75. The van der Waals surface area contributed by atoms with E-state index in [0.29, 0.717) is 19.5 Å². The van der Waals surface area contributed by atoms with Crippen molar-refractivity contribution in [1.29, 1.82) is 0 Å². The number of aliphatic hydroxyl groups excluding tert-OH is 1. The Morgan fingerprint density at radius 2 is 1.73 bits per heavy atom. The van der Waals surface area contributed by atoms with Crippen molar-refractivity contribution in [3.8, 4) is 0 Å². The zero-order valence-corrected chi connectivity index (χ0v) is 15.6. The third-order valence-corrected chi connectivity index (χ3v) is 5.90. The molecule has 2 saturated heterocycles. The highest BCUT2D eigenvalue weighted by Crippen LogP contribution is 2.33. The summed E-state index contributed by atoms with van der Waals surface area (Å²) in [5.41, 5.74) is 0.701. The number of benzene rings is 1. The van der Waals surface area contributed by atoms with Gasteiger partial charge in [-0.3, -0.25) is 9.69 Å². The Morgan fingerprint density at radius 1 is 1.04 bits per heavy atom. The molecular formula is C21H31FN2O2. The minimum absolute atomic E-state index is 0.0534. The lowest BCUT2D eigenvalue weighted by Gasteiger charge is -2.42. The highest BCUT2D eigenvalue weighted by molar-refractivity contribution is 5.78. The fourth-order valence-electron chi connectivity index (χ4n) is 4.37. The summed E-state index contributed by atoms with van der Waals surface area (Å²) in [5.74, 6) is -0.0618. The summed E-state index contributed by atoms with van der Waals surface area (Å²) in [6.45, 7) is 3.95. The van der Waals surface area contributed by atoms with E-state index in [1.54, 1.807) is 12.1 Å². The molecule has 2 fully saturated rings. The largest absolute Gasteiger partial charge is 0.396 e. The molecule has 2 heterocycles. The van der Waals surface area contributed by atoms with E-state index in [2.05, 4.69) is 4.90 Å². The molecule has 0 aliphatic carbocycles. The first-order chi connectivity index (χ1) is 12.6. The number of aliphatic hydroxyl groups is 1.